The van der Waals surface area contributed by atoms with Crippen LogP contribution in [0.3, 0.4) is 0 Å². The molecular weight excluding hydrogens is 225 g/mol. The zero-order chi connectivity index (χ0) is 12.0. The van der Waals surface area contributed by atoms with Crippen molar-refractivity contribution in [1.82, 2.24) is 4.90 Å². The Hall–Kier alpha value is -1.04. The highest BCUT2D eigenvalue weighted by molar-refractivity contribution is 6.30. The fourth-order valence-electron chi connectivity index (χ4n) is 1.27. The van der Waals surface area contributed by atoms with E-state index in [9.17, 15) is 4.39 Å². The summed E-state index contributed by atoms with van der Waals surface area (Å²) in [6, 6.07) is 4.61. The van der Waals surface area contributed by atoms with Gasteiger partial charge in [-0.25, -0.2) is 4.39 Å². The summed E-state index contributed by atoms with van der Waals surface area (Å²) in [6.45, 7) is 6.83. The molecule has 0 spiro atoms. The second-order valence-corrected chi connectivity index (χ2v) is 3.80. The topological polar surface area (TPSA) is 3.24 Å². The van der Waals surface area contributed by atoms with Crippen molar-refractivity contribution in [2.75, 3.05) is 19.6 Å². The molecular formula is C13H15ClFN. The van der Waals surface area contributed by atoms with Crippen LogP contribution in [0.2, 0.25) is 5.02 Å². The van der Waals surface area contributed by atoms with Crippen LogP contribution in [0.5, 0.6) is 0 Å². The standard InChI is InChI=1S/C13H15ClFN/c1-3-16(4-2)9-5-6-11-7-8-12(14)13(15)10-11/h7-8,10H,3-4,9H2,1-2H3. The van der Waals surface area contributed by atoms with Gasteiger partial charge < -0.3 is 0 Å². The van der Waals surface area contributed by atoms with Gasteiger partial charge in [-0.15, -0.1) is 0 Å². The largest absolute Gasteiger partial charge is 0.293 e. The Morgan fingerprint density at radius 2 is 2.00 bits per heavy atom. The first-order chi connectivity index (χ1) is 7.67. The molecule has 0 atom stereocenters. The van der Waals surface area contributed by atoms with Gasteiger partial charge in [-0.2, -0.15) is 0 Å². The van der Waals surface area contributed by atoms with Crippen molar-refractivity contribution in [3.05, 3.63) is 34.6 Å². The number of benzene rings is 1. The first-order valence-corrected chi connectivity index (χ1v) is 5.71. The van der Waals surface area contributed by atoms with Crippen LogP contribution in [0.25, 0.3) is 0 Å². The summed E-state index contributed by atoms with van der Waals surface area (Å²) in [5.74, 6) is 5.52. The van der Waals surface area contributed by atoms with Crippen LogP contribution in [0.4, 0.5) is 4.39 Å². The minimum Gasteiger partial charge on any atom is -0.293 e. The number of nitrogens with zero attached hydrogens (tertiary/aromatic N) is 1. The summed E-state index contributed by atoms with van der Waals surface area (Å²) in [4.78, 5) is 2.19. The van der Waals surface area contributed by atoms with Crippen LogP contribution in [-0.2, 0) is 0 Å². The number of rotatable bonds is 3. The van der Waals surface area contributed by atoms with Gasteiger partial charge in [-0.1, -0.05) is 37.3 Å². The Morgan fingerprint density at radius 3 is 2.56 bits per heavy atom. The molecule has 0 saturated heterocycles. The number of hydrogen-bond donors (Lipinski definition) is 0. The van der Waals surface area contributed by atoms with E-state index in [0.29, 0.717) is 12.1 Å². The molecule has 0 bridgehead atoms. The van der Waals surface area contributed by atoms with Crippen LogP contribution in [0.1, 0.15) is 19.4 Å². The quantitative estimate of drug-likeness (QED) is 0.733. The molecule has 0 heterocycles. The highest BCUT2D eigenvalue weighted by Gasteiger charge is 1.98. The molecule has 0 fully saturated rings. The average molecular weight is 240 g/mol. The Balaban J connectivity index is 2.66. The lowest BCUT2D eigenvalue weighted by Gasteiger charge is -2.13. The maximum Gasteiger partial charge on any atom is 0.143 e. The van der Waals surface area contributed by atoms with Crippen molar-refractivity contribution in [1.29, 1.82) is 0 Å². The first kappa shape index (κ1) is 13.0. The van der Waals surface area contributed by atoms with Crippen LogP contribution in [-0.4, -0.2) is 24.5 Å². The molecule has 0 aliphatic rings. The van der Waals surface area contributed by atoms with Gasteiger partial charge in [0.1, 0.15) is 5.82 Å². The van der Waals surface area contributed by atoms with E-state index >= 15 is 0 Å². The first-order valence-electron chi connectivity index (χ1n) is 5.33. The second-order valence-electron chi connectivity index (χ2n) is 3.39. The van der Waals surface area contributed by atoms with Crippen LogP contribution >= 0.6 is 11.6 Å². The SMILES string of the molecule is CCN(CC)CC#Cc1ccc(Cl)c(F)c1. The third kappa shape index (κ3) is 3.84. The van der Waals surface area contributed by atoms with Crippen LogP contribution in [0, 0.1) is 17.7 Å². The van der Waals surface area contributed by atoms with Crippen molar-refractivity contribution in [2.45, 2.75) is 13.8 Å². The van der Waals surface area contributed by atoms with Crippen molar-refractivity contribution >= 4 is 11.6 Å². The minimum atomic E-state index is -0.420. The van der Waals surface area contributed by atoms with Gasteiger partial charge in [0.05, 0.1) is 11.6 Å². The molecule has 0 N–H and O–H groups in total. The Labute approximate surface area is 101 Å². The molecule has 1 rings (SSSR count). The molecule has 1 aromatic carbocycles. The fourth-order valence-corrected chi connectivity index (χ4v) is 1.39. The van der Waals surface area contributed by atoms with Gasteiger partial charge in [0.25, 0.3) is 0 Å². The van der Waals surface area contributed by atoms with Gasteiger partial charge in [0.15, 0.2) is 0 Å². The van der Waals surface area contributed by atoms with Gasteiger partial charge in [0, 0.05) is 5.56 Å². The summed E-state index contributed by atoms with van der Waals surface area (Å²) >= 11 is 5.58. The Morgan fingerprint density at radius 1 is 1.31 bits per heavy atom. The molecule has 0 unspecified atom stereocenters. The van der Waals surface area contributed by atoms with E-state index in [1.165, 1.54) is 12.1 Å². The smallest absolute Gasteiger partial charge is 0.143 e. The molecule has 86 valence electrons. The van der Waals surface area contributed by atoms with E-state index < -0.39 is 5.82 Å². The molecule has 0 aliphatic heterocycles. The molecule has 0 aliphatic carbocycles. The summed E-state index contributed by atoms with van der Waals surface area (Å²) in [5.41, 5.74) is 0.661. The van der Waals surface area contributed by atoms with Crippen molar-refractivity contribution in [3.8, 4) is 11.8 Å². The highest BCUT2D eigenvalue weighted by Crippen LogP contribution is 2.14. The van der Waals surface area contributed by atoms with Gasteiger partial charge in [-0.3, -0.25) is 4.90 Å². The monoisotopic (exact) mass is 239 g/mol. The molecule has 0 amide bonds. The van der Waals surface area contributed by atoms with E-state index in [1.807, 2.05) is 0 Å². The average Bonchev–Trinajstić information content (AvgIpc) is 2.29. The second kappa shape index (κ2) is 6.52. The molecule has 0 aromatic heterocycles. The summed E-state index contributed by atoms with van der Waals surface area (Å²) in [6.07, 6.45) is 0. The lowest BCUT2D eigenvalue weighted by Crippen LogP contribution is -2.22. The zero-order valence-corrected chi connectivity index (χ0v) is 10.3. The lowest BCUT2D eigenvalue weighted by atomic mass is 10.2. The predicted octanol–water partition coefficient (Wildman–Crippen LogP) is 3.17. The fraction of sp³-hybridized carbons (Fsp3) is 0.385. The Bertz CT molecular complexity index is 402. The molecule has 1 nitrogen and oxygen atoms in total. The van der Waals surface area contributed by atoms with E-state index in [2.05, 4.69) is 30.6 Å². The van der Waals surface area contributed by atoms with Gasteiger partial charge in [-0.05, 0) is 31.3 Å². The highest BCUT2D eigenvalue weighted by atomic mass is 35.5. The minimum absolute atomic E-state index is 0.134. The van der Waals surface area contributed by atoms with Crippen molar-refractivity contribution in [3.63, 3.8) is 0 Å². The van der Waals surface area contributed by atoms with Crippen LogP contribution in [0.15, 0.2) is 18.2 Å². The third-order valence-electron chi connectivity index (χ3n) is 2.35. The maximum atomic E-state index is 13.1. The molecule has 0 radical (unpaired) electrons. The van der Waals surface area contributed by atoms with E-state index in [4.69, 9.17) is 11.6 Å². The molecule has 1 aromatic rings. The molecule has 3 heteroatoms. The summed E-state index contributed by atoms with van der Waals surface area (Å²) < 4.78 is 13.1. The van der Waals surface area contributed by atoms with Crippen molar-refractivity contribution < 1.29 is 4.39 Å². The van der Waals surface area contributed by atoms with Crippen molar-refractivity contribution in [2.24, 2.45) is 0 Å². The molecule has 0 saturated carbocycles. The maximum absolute atomic E-state index is 13.1. The predicted molar refractivity (Wildman–Crippen MR) is 66.1 cm³/mol. The van der Waals surface area contributed by atoms with Gasteiger partial charge in [0.2, 0.25) is 0 Å². The normalized spacial score (nSPS) is 10.1. The van der Waals surface area contributed by atoms with E-state index in [1.54, 1.807) is 6.07 Å². The summed E-state index contributed by atoms with van der Waals surface area (Å²) in [5, 5.41) is 0.134. The molecule has 16 heavy (non-hydrogen) atoms. The van der Waals surface area contributed by atoms with Crippen LogP contribution < -0.4 is 0 Å². The summed E-state index contributed by atoms with van der Waals surface area (Å²) in [7, 11) is 0. The van der Waals surface area contributed by atoms with E-state index in [-0.39, 0.29) is 5.02 Å². The number of hydrogen-bond acceptors (Lipinski definition) is 1. The number of halogens is 2. The van der Waals surface area contributed by atoms with E-state index in [0.717, 1.165) is 13.1 Å². The third-order valence-corrected chi connectivity index (χ3v) is 2.66. The Kier molecular flexibility index (Phi) is 5.31. The van der Waals surface area contributed by atoms with Gasteiger partial charge >= 0.3 is 0 Å². The zero-order valence-electron chi connectivity index (χ0n) is 9.56. The lowest BCUT2D eigenvalue weighted by molar-refractivity contribution is 0.342.